The Morgan fingerprint density at radius 2 is 1.92 bits per heavy atom. The fraction of sp³-hybridized carbons (Fsp3) is 0.818. The third-order valence-corrected chi connectivity index (χ3v) is 3.34. The van der Waals surface area contributed by atoms with E-state index in [9.17, 15) is 5.11 Å². The van der Waals surface area contributed by atoms with Crippen molar-refractivity contribution in [3.8, 4) is 12.3 Å². The van der Waals surface area contributed by atoms with Gasteiger partial charge in [-0.1, -0.05) is 0 Å². The summed E-state index contributed by atoms with van der Waals surface area (Å²) >= 11 is 0. The van der Waals surface area contributed by atoms with Crippen molar-refractivity contribution in [2.45, 2.75) is 37.8 Å². The molecule has 0 radical (unpaired) electrons. The molecule has 1 saturated carbocycles. The van der Waals surface area contributed by atoms with Crippen LogP contribution in [0.25, 0.3) is 0 Å². The number of hydrogen-bond donors (Lipinski definition) is 1. The van der Waals surface area contributed by atoms with E-state index < -0.39 is 0 Å². The summed E-state index contributed by atoms with van der Waals surface area (Å²) in [5.74, 6) is 3.07. The van der Waals surface area contributed by atoms with Crippen LogP contribution in [0.15, 0.2) is 0 Å². The molecule has 3 unspecified atom stereocenters. The second-order valence-electron chi connectivity index (χ2n) is 4.21. The SMILES string of the molecule is C#CC1CC(O)C(N2CCCC2)C1. The van der Waals surface area contributed by atoms with Crippen molar-refractivity contribution in [1.29, 1.82) is 0 Å². The Bertz CT molecular complexity index is 215. The molecule has 2 rings (SSSR count). The maximum Gasteiger partial charge on any atom is 0.0707 e. The van der Waals surface area contributed by atoms with E-state index in [-0.39, 0.29) is 6.10 Å². The van der Waals surface area contributed by atoms with Gasteiger partial charge in [-0.2, -0.15) is 0 Å². The van der Waals surface area contributed by atoms with Crippen LogP contribution in [0.2, 0.25) is 0 Å². The number of terminal acetylenes is 1. The van der Waals surface area contributed by atoms with Crippen LogP contribution in [0.5, 0.6) is 0 Å². The maximum absolute atomic E-state index is 9.81. The van der Waals surface area contributed by atoms with Crippen LogP contribution in [0, 0.1) is 18.3 Å². The van der Waals surface area contributed by atoms with E-state index >= 15 is 0 Å². The molecule has 0 amide bonds. The Morgan fingerprint density at radius 3 is 2.46 bits per heavy atom. The second kappa shape index (κ2) is 3.69. The normalized spacial score (nSPS) is 40.8. The Kier molecular flexibility index (Phi) is 2.57. The minimum Gasteiger partial charge on any atom is -0.391 e. The first kappa shape index (κ1) is 9.05. The predicted octanol–water partition coefficient (Wildman–Crippen LogP) is 0.855. The molecule has 1 aliphatic heterocycles. The van der Waals surface area contributed by atoms with Gasteiger partial charge in [-0.25, -0.2) is 0 Å². The van der Waals surface area contributed by atoms with E-state index in [0.717, 1.165) is 25.9 Å². The van der Waals surface area contributed by atoms with E-state index in [4.69, 9.17) is 6.42 Å². The first-order valence-corrected chi connectivity index (χ1v) is 5.19. The monoisotopic (exact) mass is 179 g/mol. The van der Waals surface area contributed by atoms with Crippen LogP contribution in [-0.4, -0.2) is 35.2 Å². The largest absolute Gasteiger partial charge is 0.391 e. The molecule has 13 heavy (non-hydrogen) atoms. The molecule has 1 saturated heterocycles. The van der Waals surface area contributed by atoms with Crippen molar-refractivity contribution in [3.63, 3.8) is 0 Å². The number of nitrogens with zero attached hydrogens (tertiary/aromatic N) is 1. The average molecular weight is 179 g/mol. The Hall–Kier alpha value is -0.520. The van der Waals surface area contributed by atoms with Gasteiger partial charge >= 0.3 is 0 Å². The molecule has 0 aromatic heterocycles. The van der Waals surface area contributed by atoms with E-state index in [1.54, 1.807) is 0 Å². The molecule has 1 N–H and O–H groups in total. The van der Waals surface area contributed by atoms with Gasteiger partial charge in [0, 0.05) is 12.0 Å². The molecule has 0 aromatic carbocycles. The van der Waals surface area contributed by atoms with E-state index in [1.165, 1.54) is 12.8 Å². The van der Waals surface area contributed by atoms with Crippen molar-refractivity contribution < 1.29 is 5.11 Å². The third-order valence-electron chi connectivity index (χ3n) is 3.34. The van der Waals surface area contributed by atoms with Gasteiger partial charge in [-0.3, -0.25) is 4.90 Å². The van der Waals surface area contributed by atoms with Crippen molar-refractivity contribution in [3.05, 3.63) is 0 Å². The van der Waals surface area contributed by atoms with E-state index in [2.05, 4.69) is 10.8 Å². The van der Waals surface area contributed by atoms with E-state index in [1.807, 2.05) is 0 Å². The lowest BCUT2D eigenvalue weighted by Crippen LogP contribution is -2.38. The zero-order valence-corrected chi connectivity index (χ0v) is 7.95. The van der Waals surface area contributed by atoms with Gasteiger partial charge in [0.15, 0.2) is 0 Å². The van der Waals surface area contributed by atoms with Gasteiger partial charge in [0.05, 0.1) is 6.10 Å². The summed E-state index contributed by atoms with van der Waals surface area (Å²) in [7, 11) is 0. The van der Waals surface area contributed by atoms with Crippen molar-refractivity contribution >= 4 is 0 Å². The molecule has 2 heteroatoms. The highest BCUT2D eigenvalue weighted by Crippen LogP contribution is 2.31. The zero-order valence-electron chi connectivity index (χ0n) is 7.95. The quantitative estimate of drug-likeness (QED) is 0.603. The van der Waals surface area contributed by atoms with Crippen LogP contribution >= 0.6 is 0 Å². The predicted molar refractivity (Wildman–Crippen MR) is 52.2 cm³/mol. The lowest BCUT2D eigenvalue weighted by Gasteiger charge is -2.25. The number of aliphatic hydroxyl groups is 1. The number of hydrogen-bond acceptors (Lipinski definition) is 2. The minimum absolute atomic E-state index is 0.181. The van der Waals surface area contributed by atoms with Crippen LogP contribution in [-0.2, 0) is 0 Å². The van der Waals surface area contributed by atoms with Gasteiger partial charge in [-0.15, -0.1) is 12.3 Å². The zero-order chi connectivity index (χ0) is 9.26. The van der Waals surface area contributed by atoms with Crippen molar-refractivity contribution in [2.24, 2.45) is 5.92 Å². The van der Waals surface area contributed by atoms with Gasteiger partial charge in [-0.05, 0) is 38.8 Å². The van der Waals surface area contributed by atoms with Crippen LogP contribution < -0.4 is 0 Å². The topological polar surface area (TPSA) is 23.5 Å². The Morgan fingerprint density at radius 1 is 1.23 bits per heavy atom. The Labute approximate surface area is 79.9 Å². The van der Waals surface area contributed by atoms with Gasteiger partial charge < -0.3 is 5.11 Å². The number of rotatable bonds is 1. The molecule has 3 atom stereocenters. The average Bonchev–Trinajstić information content (AvgIpc) is 2.72. The molecule has 1 aliphatic carbocycles. The van der Waals surface area contributed by atoms with Crippen LogP contribution in [0.4, 0.5) is 0 Å². The lowest BCUT2D eigenvalue weighted by molar-refractivity contribution is 0.0852. The highest BCUT2D eigenvalue weighted by atomic mass is 16.3. The van der Waals surface area contributed by atoms with Gasteiger partial charge in [0.2, 0.25) is 0 Å². The standard InChI is InChI=1S/C11H17NO/c1-2-9-7-10(11(13)8-9)12-5-3-4-6-12/h1,9-11,13H,3-8H2. The molecule has 72 valence electrons. The highest BCUT2D eigenvalue weighted by Gasteiger charge is 2.36. The molecule has 0 aromatic rings. The second-order valence-corrected chi connectivity index (χ2v) is 4.21. The molecule has 0 spiro atoms. The molecule has 1 heterocycles. The van der Waals surface area contributed by atoms with Crippen molar-refractivity contribution in [2.75, 3.05) is 13.1 Å². The first-order valence-electron chi connectivity index (χ1n) is 5.19. The Balaban J connectivity index is 1.96. The lowest BCUT2D eigenvalue weighted by atomic mass is 10.1. The minimum atomic E-state index is -0.181. The van der Waals surface area contributed by atoms with Gasteiger partial charge in [0.1, 0.15) is 0 Å². The number of aliphatic hydroxyl groups excluding tert-OH is 1. The van der Waals surface area contributed by atoms with Crippen molar-refractivity contribution in [1.82, 2.24) is 4.90 Å². The van der Waals surface area contributed by atoms with E-state index in [0.29, 0.717) is 12.0 Å². The first-order chi connectivity index (χ1) is 6.31. The molecular formula is C11H17NO. The summed E-state index contributed by atoms with van der Waals surface area (Å²) in [6.45, 7) is 2.30. The number of likely N-dealkylation sites (tertiary alicyclic amines) is 1. The smallest absolute Gasteiger partial charge is 0.0707 e. The fourth-order valence-electron chi connectivity index (χ4n) is 2.60. The summed E-state index contributed by atoms with van der Waals surface area (Å²) in [4.78, 5) is 2.40. The molecular weight excluding hydrogens is 162 g/mol. The fourth-order valence-corrected chi connectivity index (χ4v) is 2.60. The summed E-state index contributed by atoms with van der Waals surface area (Å²) in [5, 5.41) is 9.81. The summed E-state index contributed by atoms with van der Waals surface area (Å²) < 4.78 is 0. The molecule has 0 bridgehead atoms. The van der Waals surface area contributed by atoms with Gasteiger partial charge in [0.25, 0.3) is 0 Å². The third kappa shape index (κ3) is 1.72. The summed E-state index contributed by atoms with van der Waals surface area (Å²) in [6.07, 6.45) is 9.56. The summed E-state index contributed by atoms with van der Waals surface area (Å²) in [6, 6.07) is 0.351. The summed E-state index contributed by atoms with van der Waals surface area (Å²) in [5.41, 5.74) is 0. The molecule has 2 nitrogen and oxygen atoms in total. The highest BCUT2D eigenvalue weighted by molar-refractivity contribution is 5.03. The molecule has 2 fully saturated rings. The molecule has 2 aliphatic rings. The van der Waals surface area contributed by atoms with Crippen LogP contribution in [0.3, 0.4) is 0 Å². The maximum atomic E-state index is 9.81. The van der Waals surface area contributed by atoms with Crippen LogP contribution in [0.1, 0.15) is 25.7 Å².